The molecule has 82 valence electrons. The first-order valence-electron chi connectivity index (χ1n) is 4.54. The van der Waals surface area contributed by atoms with Crippen molar-refractivity contribution in [3.05, 3.63) is 0 Å². The fraction of sp³-hybridized carbons (Fsp3) is 0.778. The summed E-state index contributed by atoms with van der Waals surface area (Å²) in [6.45, 7) is 5.23. The first-order valence-corrected chi connectivity index (χ1v) is 4.54. The second-order valence-corrected chi connectivity index (χ2v) is 3.52. The molecule has 0 aromatic heterocycles. The van der Waals surface area contributed by atoms with Gasteiger partial charge >= 0.3 is 5.97 Å². The van der Waals surface area contributed by atoms with E-state index in [-0.39, 0.29) is 11.8 Å². The molecule has 0 aliphatic heterocycles. The maximum atomic E-state index is 11.4. The Balaban J connectivity index is 4.12. The van der Waals surface area contributed by atoms with Gasteiger partial charge in [-0.1, -0.05) is 13.8 Å². The molecule has 5 heteroatoms. The fourth-order valence-corrected chi connectivity index (χ4v) is 0.848. The Labute approximate surface area is 84.0 Å². The molecule has 0 aromatic rings. The van der Waals surface area contributed by atoms with E-state index in [2.05, 4.69) is 10.1 Å². The van der Waals surface area contributed by atoms with Gasteiger partial charge in [0.1, 0.15) is 6.04 Å². The summed E-state index contributed by atoms with van der Waals surface area (Å²) in [5, 5.41) is 2.47. The molecule has 2 atom stereocenters. The van der Waals surface area contributed by atoms with E-state index in [1.807, 2.05) is 13.8 Å². The summed E-state index contributed by atoms with van der Waals surface area (Å²) in [6, 6.07) is -1.25. The minimum Gasteiger partial charge on any atom is -0.467 e. The van der Waals surface area contributed by atoms with Crippen molar-refractivity contribution in [2.75, 3.05) is 7.11 Å². The van der Waals surface area contributed by atoms with Crippen LogP contribution in [0.5, 0.6) is 0 Å². The Morgan fingerprint density at radius 2 is 1.79 bits per heavy atom. The van der Waals surface area contributed by atoms with E-state index in [4.69, 9.17) is 5.73 Å². The van der Waals surface area contributed by atoms with E-state index in [0.717, 1.165) is 0 Å². The highest BCUT2D eigenvalue weighted by molar-refractivity contribution is 5.87. The molecule has 0 saturated heterocycles. The maximum Gasteiger partial charge on any atom is 0.328 e. The molecule has 0 aliphatic carbocycles. The number of rotatable bonds is 4. The lowest BCUT2D eigenvalue weighted by Gasteiger charge is -2.18. The third-order valence-electron chi connectivity index (χ3n) is 1.93. The Bertz CT molecular complexity index is 216. The normalized spacial score (nSPS) is 14.7. The zero-order chi connectivity index (χ0) is 11.3. The van der Waals surface area contributed by atoms with Crippen LogP contribution in [0.2, 0.25) is 0 Å². The Morgan fingerprint density at radius 1 is 1.29 bits per heavy atom. The molecule has 0 aliphatic rings. The molecule has 0 rings (SSSR count). The summed E-state index contributed by atoms with van der Waals surface area (Å²) in [7, 11) is 1.27. The molecule has 0 aromatic carbocycles. The molecule has 0 bridgehead atoms. The Hall–Kier alpha value is -1.10. The summed E-state index contributed by atoms with van der Waals surface area (Å²) < 4.78 is 4.46. The molecule has 3 N–H and O–H groups in total. The number of carbonyl (C=O) groups excluding carboxylic acids is 2. The van der Waals surface area contributed by atoms with Gasteiger partial charge in [0, 0.05) is 0 Å². The van der Waals surface area contributed by atoms with Crippen molar-refractivity contribution in [1.29, 1.82) is 0 Å². The highest BCUT2D eigenvalue weighted by Crippen LogP contribution is 1.98. The van der Waals surface area contributed by atoms with Gasteiger partial charge in [-0.2, -0.15) is 0 Å². The van der Waals surface area contributed by atoms with Crippen molar-refractivity contribution in [3.63, 3.8) is 0 Å². The average molecular weight is 202 g/mol. The predicted octanol–water partition coefficient (Wildman–Crippen LogP) is -0.353. The number of carbonyl (C=O) groups is 2. The van der Waals surface area contributed by atoms with Gasteiger partial charge in [-0.25, -0.2) is 4.79 Å². The number of esters is 1. The van der Waals surface area contributed by atoms with Gasteiger partial charge in [0.05, 0.1) is 13.2 Å². The number of ether oxygens (including phenoxy) is 1. The van der Waals surface area contributed by atoms with Crippen LogP contribution >= 0.6 is 0 Å². The van der Waals surface area contributed by atoms with Crippen LogP contribution in [0, 0.1) is 5.92 Å². The van der Waals surface area contributed by atoms with Crippen LogP contribution in [0.15, 0.2) is 0 Å². The van der Waals surface area contributed by atoms with Gasteiger partial charge < -0.3 is 15.8 Å². The van der Waals surface area contributed by atoms with Crippen LogP contribution in [0.1, 0.15) is 20.8 Å². The molecule has 1 amide bonds. The summed E-state index contributed by atoms with van der Waals surface area (Å²) in [6.07, 6.45) is 0. The molecule has 0 heterocycles. The van der Waals surface area contributed by atoms with Crippen molar-refractivity contribution in [3.8, 4) is 0 Å². The number of hydrogen-bond acceptors (Lipinski definition) is 4. The van der Waals surface area contributed by atoms with E-state index in [1.165, 1.54) is 7.11 Å². The molecule has 0 saturated carbocycles. The maximum absolute atomic E-state index is 11.4. The zero-order valence-corrected chi connectivity index (χ0v) is 9.03. The number of methoxy groups -OCH3 is 1. The fourth-order valence-electron chi connectivity index (χ4n) is 0.848. The minimum atomic E-state index is -0.655. The predicted molar refractivity (Wildman–Crippen MR) is 52.4 cm³/mol. The van der Waals surface area contributed by atoms with E-state index in [0.29, 0.717) is 0 Å². The van der Waals surface area contributed by atoms with E-state index >= 15 is 0 Å². The van der Waals surface area contributed by atoms with Crippen LogP contribution in [-0.2, 0) is 14.3 Å². The topological polar surface area (TPSA) is 81.4 Å². The van der Waals surface area contributed by atoms with Crippen molar-refractivity contribution < 1.29 is 14.3 Å². The summed E-state index contributed by atoms with van der Waals surface area (Å²) in [4.78, 5) is 22.3. The molecular weight excluding hydrogens is 184 g/mol. The SMILES string of the molecule is COC(=O)[C@H](C)NC(=O)C(N)C(C)C. The lowest BCUT2D eigenvalue weighted by Crippen LogP contribution is -2.49. The number of amides is 1. The zero-order valence-electron chi connectivity index (χ0n) is 9.03. The van der Waals surface area contributed by atoms with Gasteiger partial charge in [-0.05, 0) is 12.8 Å². The number of nitrogens with two attached hydrogens (primary N) is 1. The summed E-state index contributed by atoms with van der Waals surface area (Å²) in [5.41, 5.74) is 5.59. The quantitative estimate of drug-likeness (QED) is 0.610. The average Bonchev–Trinajstić information content (AvgIpc) is 2.14. The highest BCUT2D eigenvalue weighted by Gasteiger charge is 2.22. The van der Waals surface area contributed by atoms with Crippen LogP contribution in [0.3, 0.4) is 0 Å². The number of hydrogen-bond donors (Lipinski definition) is 2. The number of nitrogens with one attached hydrogen (secondary N) is 1. The molecule has 1 unspecified atom stereocenters. The Morgan fingerprint density at radius 3 is 2.14 bits per heavy atom. The van der Waals surface area contributed by atoms with E-state index in [9.17, 15) is 9.59 Å². The monoisotopic (exact) mass is 202 g/mol. The van der Waals surface area contributed by atoms with Crippen LogP contribution < -0.4 is 11.1 Å². The first kappa shape index (κ1) is 12.9. The second-order valence-electron chi connectivity index (χ2n) is 3.52. The highest BCUT2D eigenvalue weighted by atomic mass is 16.5. The van der Waals surface area contributed by atoms with Gasteiger partial charge in [-0.3, -0.25) is 4.79 Å². The molecule has 5 nitrogen and oxygen atoms in total. The summed E-state index contributed by atoms with van der Waals surface area (Å²) in [5.74, 6) is -0.771. The first-order chi connectivity index (χ1) is 6.40. The molecule has 0 fully saturated rings. The van der Waals surface area contributed by atoms with E-state index < -0.39 is 18.1 Å². The van der Waals surface area contributed by atoms with Crippen molar-refractivity contribution >= 4 is 11.9 Å². The van der Waals surface area contributed by atoms with Gasteiger partial charge in [0.25, 0.3) is 0 Å². The standard InChI is InChI=1S/C9H18N2O3/c1-5(2)7(10)8(12)11-6(3)9(13)14-4/h5-7H,10H2,1-4H3,(H,11,12)/t6-,7?/m0/s1. The van der Waals surface area contributed by atoms with Crippen LogP contribution in [0.4, 0.5) is 0 Å². The third-order valence-corrected chi connectivity index (χ3v) is 1.93. The van der Waals surface area contributed by atoms with Crippen molar-refractivity contribution in [1.82, 2.24) is 5.32 Å². The molecule has 0 radical (unpaired) electrons. The molecule has 0 spiro atoms. The Kier molecular flexibility index (Phi) is 5.15. The molecular formula is C9H18N2O3. The van der Waals surface area contributed by atoms with Crippen molar-refractivity contribution in [2.45, 2.75) is 32.9 Å². The third kappa shape index (κ3) is 3.74. The van der Waals surface area contributed by atoms with Gasteiger partial charge in [-0.15, -0.1) is 0 Å². The van der Waals surface area contributed by atoms with E-state index in [1.54, 1.807) is 6.92 Å². The van der Waals surface area contributed by atoms with Gasteiger partial charge in [0.15, 0.2) is 0 Å². The molecule has 14 heavy (non-hydrogen) atoms. The minimum absolute atomic E-state index is 0.0415. The second kappa shape index (κ2) is 5.59. The van der Waals surface area contributed by atoms with Gasteiger partial charge in [0.2, 0.25) is 5.91 Å². The van der Waals surface area contributed by atoms with Crippen LogP contribution in [-0.4, -0.2) is 31.1 Å². The lowest BCUT2D eigenvalue weighted by atomic mass is 10.0. The van der Waals surface area contributed by atoms with Crippen LogP contribution in [0.25, 0.3) is 0 Å². The smallest absolute Gasteiger partial charge is 0.328 e. The largest absolute Gasteiger partial charge is 0.467 e. The summed E-state index contributed by atoms with van der Waals surface area (Å²) >= 11 is 0. The lowest BCUT2D eigenvalue weighted by molar-refractivity contribution is -0.144. The van der Waals surface area contributed by atoms with Crippen molar-refractivity contribution in [2.24, 2.45) is 11.7 Å².